The summed E-state index contributed by atoms with van der Waals surface area (Å²) in [6, 6.07) is 20.3. The molecule has 0 aliphatic carbocycles. The minimum absolute atomic E-state index is 0.203. The monoisotopic (exact) mass is 430 g/mol. The van der Waals surface area contributed by atoms with E-state index in [0.29, 0.717) is 37.6 Å². The fraction of sp³-hybridized carbons (Fsp3) is 0.160. The zero-order valence-corrected chi connectivity index (χ0v) is 17.4. The number of nitrogens with one attached hydrogen (secondary N) is 1. The number of pyridine rings is 1. The van der Waals surface area contributed by atoms with Crippen LogP contribution in [0.15, 0.2) is 89.8 Å². The maximum atomic E-state index is 14.2. The van der Waals surface area contributed by atoms with Gasteiger partial charge in [-0.2, -0.15) is 0 Å². The highest BCUT2D eigenvalue weighted by atomic mass is 19.1. The van der Waals surface area contributed by atoms with E-state index in [1.165, 1.54) is 12.3 Å². The van der Waals surface area contributed by atoms with Crippen molar-refractivity contribution < 1.29 is 13.6 Å². The summed E-state index contributed by atoms with van der Waals surface area (Å²) in [7, 11) is 0. The highest BCUT2D eigenvalue weighted by molar-refractivity contribution is 5.91. The number of aromatic nitrogens is 2. The van der Waals surface area contributed by atoms with Gasteiger partial charge in [0.25, 0.3) is 5.91 Å². The number of oxazole rings is 1. The van der Waals surface area contributed by atoms with Gasteiger partial charge in [0.1, 0.15) is 12.1 Å². The van der Waals surface area contributed by atoms with Crippen molar-refractivity contribution in [1.82, 2.24) is 20.2 Å². The molecule has 32 heavy (non-hydrogen) atoms. The molecule has 0 fully saturated rings. The standard InChI is InChI=1S/C25H23FN4O2/c26-22-11-5-4-10-21(22)16-30(15-19-7-2-1-3-8-19)17-24-29-23(18-32-24)25(31)28-14-20-9-6-12-27-13-20/h1-13,18H,14-17H2,(H,28,31). The molecule has 0 saturated heterocycles. The number of amides is 1. The van der Waals surface area contributed by atoms with Crippen molar-refractivity contribution in [3.05, 3.63) is 119 Å². The maximum Gasteiger partial charge on any atom is 0.273 e. The van der Waals surface area contributed by atoms with Crippen LogP contribution in [0.2, 0.25) is 0 Å². The molecule has 0 bridgehead atoms. The number of carbonyl (C=O) groups excluding carboxylic acids is 1. The van der Waals surface area contributed by atoms with Gasteiger partial charge in [0, 0.05) is 37.6 Å². The molecule has 0 saturated carbocycles. The lowest BCUT2D eigenvalue weighted by atomic mass is 10.1. The molecular weight excluding hydrogens is 407 g/mol. The highest BCUT2D eigenvalue weighted by Crippen LogP contribution is 2.16. The van der Waals surface area contributed by atoms with Gasteiger partial charge in [-0.05, 0) is 23.3 Å². The normalized spacial score (nSPS) is 10.9. The van der Waals surface area contributed by atoms with Crippen LogP contribution >= 0.6 is 0 Å². The summed E-state index contributed by atoms with van der Waals surface area (Å²) in [4.78, 5) is 22.8. The Kier molecular flexibility index (Phi) is 6.99. The van der Waals surface area contributed by atoms with Gasteiger partial charge in [0.2, 0.25) is 5.89 Å². The zero-order valence-electron chi connectivity index (χ0n) is 17.4. The number of benzene rings is 2. The number of hydrogen-bond acceptors (Lipinski definition) is 5. The van der Waals surface area contributed by atoms with Crippen LogP contribution in [0.5, 0.6) is 0 Å². The fourth-order valence-electron chi connectivity index (χ4n) is 3.33. The quantitative estimate of drug-likeness (QED) is 0.428. The third-order valence-electron chi connectivity index (χ3n) is 4.92. The Bertz CT molecular complexity index is 1150. The zero-order chi connectivity index (χ0) is 22.2. The van der Waals surface area contributed by atoms with E-state index < -0.39 is 0 Å². The largest absolute Gasteiger partial charge is 0.447 e. The molecule has 1 N–H and O–H groups in total. The van der Waals surface area contributed by atoms with Crippen LogP contribution in [0.25, 0.3) is 0 Å². The SMILES string of the molecule is O=C(NCc1cccnc1)c1coc(CN(Cc2ccccc2)Cc2ccccc2F)n1. The predicted molar refractivity (Wildman–Crippen MR) is 118 cm³/mol. The summed E-state index contributed by atoms with van der Waals surface area (Å²) < 4.78 is 19.8. The molecule has 0 unspecified atom stereocenters. The first-order chi connectivity index (χ1) is 15.7. The molecule has 2 aromatic heterocycles. The predicted octanol–water partition coefficient (Wildman–Crippen LogP) is 4.34. The lowest BCUT2D eigenvalue weighted by Gasteiger charge is -2.21. The molecule has 2 aromatic carbocycles. The van der Waals surface area contributed by atoms with Gasteiger partial charge in [-0.3, -0.25) is 14.7 Å². The first kappa shape index (κ1) is 21.4. The van der Waals surface area contributed by atoms with E-state index in [1.54, 1.807) is 24.5 Å². The summed E-state index contributed by atoms with van der Waals surface area (Å²) in [5.41, 5.74) is 2.77. The first-order valence-electron chi connectivity index (χ1n) is 10.3. The van der Waals surface area contributed by atoms with Crippen LogP contribution < -0.4 is 5.32 Å². The van der Waals surface area contributed by atoms with Crippen molar-refractivity contribution >= 4 is 5.91 Å². The molecule has 4 aromatic rings. The van der Waals surface area contributed by atoms with Crippen LogP contribution in [0.3, 0.4) is 0 Å². The summed E-state index contributed by atoms with van der Waals surface area (Å²) in [6.45, 7) is 1.65. The maximum absolute atomic E-state index is 14.2. The molecule has 0 aliphatic heterocycles. The van der Waals surface area contributed by atoms with Crippen molar-refractivity contribution in [2.45, 2.75) is 26.2 Å². The van der Waals surface area contributed by atoms with Crippen molar-refractivity contribution in [3.63, 3.8) is 0 Å². The molecule has 2 heterocycles. The van der Waals surface area contributed by atoms with Gasteiger partial charge < -0.3 is 9.73 Å². The van der Waals surface area contributed by atoms with Gasteiger partial charge in [-0.25, -0.2) is 9.37 Å². The van der Waals surface area contributed by atoms with Crippen LogP contribution in [0, 0.1) is 5.82 Å². The molecule has 0 radical (unpaired) electrons. The lowest BCUT2D eigenvalue weighted by Crippen LogP contribution is -2.24. The second-order valence-electron chi connectivity index (χ2n) is 7.39. The Balaban J connectivity index is 1.44. The molecule has 7 heteroatoms. The summed E-state index contributed by atoms with van der Waals surface area (Å²) in [5.74, 6) is -0.190. The van der Waals surface area contributed by atoms with Gasteiger partial charge >= 0.3 is 0 Å². The number of nitrogens with zero attached hydrogens (tertiary/aromatic N) is 3. The Morgan fingerprint density at radius 1 is 0.938 bits per heavy atom. The molecule has 162 valence electrons. The third kappa shape index (κ3) is 5.86. The highest BCUT2D eigenvalue weighted by Gasteiger charge is 2.17. The van der Waals surface area contributed by atoms with E-state index in [4.69, 9.17) is 4.42 Å². The van der Waals surface area contributed by atoms with E-state index >= 15 is 0 Å². The van der Waals surface area contributed by atoms with Crippen molar-refractivity contribution in [1.29, 1.82) is 0 Å². The molecule has 4 rings (SSSR count). The molecule has 0 atom stereocenters. The second-order valence-corrected chi connectivity index (χ2v) is 7.39. The minimum Gasteiger partial charge on any atom is -0.447 e. The Hall–Kier alpha value is -3.84. The van der Waals surface area contributed by atoms with E-state index in [9.17, 15) is 9.18 Å². The summed E-state index contributed by atoms with van der Waals surface area (Å²) >= 11 is 0. The average Bonchev–Trinajstić information content (AvgIpc) is 3.29. The fourth-order valence-corrected chi connectivity index (χ4v) is 3.33. The first-order valence-corrected chi connectivity index (χ1v) is 10.3. The van der Waals surface area contributed by atoms with Crippen LogP contribution in [-0.4, -0.2) is 20.8 Å². The third-order valence-corrected chi connectivity index (χ3v) is 4.92. The Labute approximate surface area is 185 Å². The number of carbonyl (C=O) groups is 1. The van der Waals surface area contributed by atoms with Crippen LogP contribution in [0.4, 0.5) is 4.39 Å². The topological polar surface area (TPSA) is 71.3 Å². The van der Waals surface area contributed by atoms with Crippen molar-refractivity contribution in [2.24, 2.45) is 0 Å². The Morgan fingerprint density at radius 3 is 2.50 bits per heavy atom. The van der Waals surface area contributed by atoms with E-state index in [-0.39, 0.29) is 17.4 Å². The van der Waals surface area contributed by atoms with Crippen molar-refractivity contribution in [2.75, 3.05) is 0 Å². The number of hydrogen-bond donors (Lipinski definition) is 1. The summed E-state index contributed by atoms with van der Waals surface area (Å²) in [6.07, 6.45) is 4.72. The Morgan fingerprint density at radius 2 is 1.72 bits per heavy atom. The molecule has 1 amide bonds. The lowest BCUT2D eigenvalue weighted by molar-refractivity contribution is 0.0945. The smallest absolute Gasteiger partial charge is 0.273 e. The second kappa shape index (κ2) is 10.5. The number of rotatable bonds is 9. The van der Waals surface area contributed by atoms with E-state index in [1.807, 2.05) is 53.4 Å². The molecule has 0 spiro atoms. The molecule has 0 aliphatic rings. The van der Waals surface area contributed by atoms with Gasteiger partial charge in [0.15, 0.2) is 5.69 Å². The summed E-state index contributed by atoms with van der Waals surface area (Å²) in [5, 5.41) is 2.80. The average molecular weight is 430 g/mol. The van der Waals surface area contributed by atoms with Crippen LogP contribution in [-0.2, 0) is 26.2 Å². The van der Waals surface area contributed by atoms with Gasteiger partial charge in [0.05, 0.1) is 6.54 Å². The van der Waals surface area contributed by atoms with Crippen LogP contribution in [0.1, 0.15) is 33.1 Å². The van der Waals surface area contributed by atoms with Gasteiger partial charge in [-0.1, -0.05) is 54.6 Å². The minimum atomic E-state index is -0.326. The molecule has 6 nitrogen and oxygen atoms in total. The van der Waals surface area contributed by atoms with Gasteiger partial charge in [-0.15, -0.1) is 0 Å². The van der Waals surface area contributed by atoms with E-state index in [2.05, 4.69) is 15.3 Å². The number of halogens is 1. The van der Waals surface area contributed by atoms with E-state index in [0.717, 1.165) is 11.1 Å². The molecular formula is C25H23FN4O2. The van der Waals surface area contributed by atoms with Crippen molar-refractivity contribution in [3.8, 4) is 0 Å².